The molecule has 1 saturated carbocycles. The van der Waals surface area contributed by atoms with E-state index in [1.54, 1.807) is 6.21 Å². The second-order valence-electron chi connectivity index (χ2n) is 9.33. The summed E-state index contributed by atoms with van der Waals surface area (Å²) < 4.78 is 47.8. The van der Waals surface area contributed by atoms with Gasteiger partial charge in [0.05, 0.1) is 18.4 Å². The topological polar surface area (TPSA) is 64.0 Å². The minimum absolute atomic E-state index is 0.00720. The maximum Gasteiger partial charge on any atom is 0.422 e. The van der Waals surface area contributed by atoms with Crippen LogP contribution < -0.4 is 4.74 Å². The fourth-order valence-electron chi connectivity index (χ4n) is 4.30. The molecule has 10 heteroatoms. The van der Waals surface area contributed by atoms with E-state index in [1.807, 2.05) is 0 Å². The molecule has 33 heavy (non-hydrogen) atoms. The van der Waals surface area contributed by atoms with Crippen molar-refractivity contribution < 1.29 is 27.4 Å². The van der Waals surface area contributed by atoms with Gasteiger partial charge >= 0.3 is 6.18 Å². The fourth-order valence-corrected chi connectivity index (χ4v) is 5.24. The largest absolute Gasteiger partial charge is 0.460 e. The first-order valence-electron chi connectivity index (χ1n) is 11.9. The van der Waals surface area contributed by atoms with Gasteiger partial charge in [-0.25, -0.2) is 9.98 Å². The monoisotopic (exact) mass is 487 g/mol. The highest BCUT2D eigenvalue weighted by atomic mass is 32.1. The lowest BCUT2D eigenvalue weighted by molar-refractivity contribution is -0.153. The zero-order chi connectivity index (χ0) is 23.3. The van der Waals surface area contributed by atoms with Crippen molar-refractivity contribution in [1.82, 2.24) is 9.88 Å². The van der Waals surface area contributed by atoms with Gasteiger partial charge in [-0.05, 0) is 38.0 Å². The van der Waals surface area contributed by atoms with Crippen molar-refractivity contribution in [3.05, 3.63) is 10.6 Å². The summed E-state index contributed by atoms with van der Waals surface area (Å²) in [7, 11) is 0. The molecular formula is C23H32F3N3O3S. The van der Waals surface area contributed by atoms with Crippen LogP contribution in [0.25, 0.3) is 0 Å². The summed E-state index contributed by atoms with van der Waals surface area (Å²) in [6, 6.07) is 0. The van der Waals surface area contributed by atoms with Crippen molar-refractivity contribution in [3.63, 3.8) is 0 Å². The molecule has 2 atom stereocenters. The molecule has 1 aromatic heterocycles. The quantitative estimate of drug-likeness (QED) is 0.482. The predicted octanol–water partition coefficient (Wildman–Crippen LogP) is 4.46. The van der Waals surface area contributed by atoms with Gasteiger partial charge in [0.25, 0.3) is 5.19 Å². The Bertz CT molecular complexity index is 792. The lowest BCUT2D eigenvalue weighted by Gasteiger charge is -2.29. The predicted molar refractivity (Wildman–Crippen MR) is 120 cm³/mol. The number of hydrogen-bond donors (Lipinski definition) is 0. The Labute approximate surface area is 196 Å². The van der Waals surface area contributed by atoms with Gasteiger partial charge in [0, 0.05) is 49.5 Å². The van der Waals surface area contributed by atoms with Gasteiger partial charge in [0.15, 0.2) is 6.61 Å². The number of carbonyl (C=O) groups is 1. The van der Waals surface area contributed by atoms with Crippen LogP contribution in [0.1, 0.15) is 55.5 Å². The average Bonchev–Trinajstić information content (AvgIpc) is 3.57. The van der Waals surface area contributed by atoms with Crippen LogP contribution in [-0.2, 0) is 22.4 Å². The lowest BCUT2D eigenvalue weighted by atomic mass is 9.98. The number of amides is 1. The molecule has 1 amide bonds. The standard InChI is InChI=1S/C23H32F3N3O3S/c24-23(25,26)15-32-22-28-19-8-11-29(12-9-20(19)33-22)10-7-18-5-3-17(14-31-18)13-27-21(30)6-4-16-1-2-16/h13,16-18H,1-12,14-15H2/t17?,18-/m1/s1. The van der Waals surface area contributed by atoms with E-state index in [-0.39, 0.29) is 23.1 Å². The summed E-state index contributed by atoms with van der Waals surface area (Å²) in [6.45, 7) is 1.94. The molecule has 0 radical (unpaired) electrons. The average molecular weight is 488 g/mol. The van der Waals surface area contributed by atoms with E-state index in [1.165, 1.54) is 24.2 Å². The van der Waals surface area contributed by atoms with E-state index in [2.05, 4.69) is 14.9 Å². The number of aromatic nitrogens is 1. The number of nitrogens with zero attached hydrogens (tertiary/aromatic N) is 3. The third kappa shape index (κ3) is 8.33. The van der Waals surface area contributed by atoms with E-state index in [0.717, 1.165) is 74.6 Å². The molecule has 2 aliphatic heterocycles. The van der Waals surface area contributed by atoms with Crippen LogP contribution >= 0.6 is 11.3 Å². The Morgan fingerprint density at radius 3 is 2.76 bits per heavy atom. The molecule has 3 heterocycles. The van der Waals surface area contributed by atoms with Crippen molar-refractivity contribution in [3.8, 4) is 5.19 Å². The zero-order valence-corrected chi connectivity index (χ0v) is 19.6. The number of thiazole rings is 1. The Hall–Kier alpha value is -1.52. The Kier molecular flexibility index (Phi) is 8.40. The van der Waals surface area contributed by atoms with E-state index < -0.39 is 12.8 Å². The number of hydrogen-bond acceptors (Lipinski definition) is 6. The summed E-state index contributed by atoms with van der Waals surface area (Å²) in [5.41, 5.74) is 0.863. The second-order valence-corrected chi connectivity index (χ2v) is 10.4. The van der Waals surface area contributed by atoms with E-state index in [9.17, 15) is 18.0 Å². The summed E-state index contributed by atoms with van der Waals surface area (Å²) >= 11 is 1.23. The summed E-state index contributed by atoms with van der Waals surface area (Å²) in [5, 5.41) is 0.115. The smallest absolute Gasteiger partial charge is 0.422 e. The molecule has 3 aliphatic rings. The number of ether oxygens (including phenoxy) is 2. The Balaban J connectivity index is 1.12. The molecule has 4 rings (SSSR count). The molecule has 2 fully saturated rings. The second kappa shape index (κ2) is 11.3. The van der Waals surface area contributed by atoms with Gasteiger partial charge in [-0.15, -0.1) is 0 Å². The number of halogens is 3. The third-order valence-corrected chi connectivity index (χ3v) is 7.57. The van der Waals surface area contributed by atoms with Crippen molar-refractivity contribution in [2.75, 3.05) is 32.8 Å². The molecule has 1 unspecified atom stereocenters. The molecule has 0 N–H and O–H groups in total. The van der Waals surface area contributed by atoms with Crippen LogP contribution in [0.2, 0.25) is 0 Å². The number of fused-ring (bicyclic) bond motifs is 1. The number of carbonyl (C=O) groups excluding carboxylic acids is 1. The highest BCUT2D eigenvalue weighted by molar-refractivity contribution is 7.13. The summed E-state index contributed by atoms with van der Waals surface area (Å²) in [5.74, 6) is 0.970. The minimum Gasteiger partial charge on any atom is -0.460 e. The number of alkyl halides is 3. The molecule has 184 valence electrons. The normalized spacial score (nSPS) is 24.6. The van der Waals surface area contributed by atoms with E-state index >= 15 is 0 Å². The van der Waals surface area contributed by atoms with E-state index in [4.69, 9.17) is 9.47 Å². The van der Waals surface area contributed by atoms with Gasteiger partial charge in [-0.3, -0.25) is 4.79 Å². The van der Waals surface area contributed by atoms with Crippen LogP contribution in [0.5, 0.6) is 5.19 Å². The molecule has 1 aromatic rings. The first-order chi connectivity index (χ1) is 15.8. The summed E-state index contributed by atoms with van der Waals surface area (Å²) in [4.78, 5) is 23.6. The first-order valence-corrected chi connectivity index (χ1v) is 12.7. The minimum atomic E-state index is -4.35. The first kappa shape index (κ1) is 24.6. The van der Waals surface area contributed by atoms with Gasteiger partial charge < -0.3 is 14.4 Å². The molecular weight excluding hydrogens is 455 g/mol. The highest BCUT2D eigenvalue weighted by Gasteiger charge is 2.30. The van der Waals surface area contributed by atoms with Crippen LogP contribution in [0, 0.1) is 11.8 Å². The van der Waals surface area contributed by atoms with Crippen molar-refractivity contribution >= 4 is 23.5 Å². The maximum atomic E-state index is 12.3. The molecule has 0 aromatic carbocycles. The molecule has 0 spiro atoms. The van der Waals surface area contributed by atoms with Crippen molar-refractivity contribution in [1.29, 1.82) is 0 Å². The van der Waals surface area contributed by atoms with Crippen molar-refractivity contribution in [2.45, 2.75) is 70.1 Å². The van der Waals surface area contributed by atoms with Gasteiger partial charge in [0.1, 0.15) is 0 Å². The van der Waals surface area contributed by atoms with Gasteiger partial charge in [-0.1, -0.05) is 24.2 Å². The molecule has 6 nitrogen and oxygen atoms in total. The Morgan fingerprint density at radius 2 is 2.03 bits per heavy atom. The molecule has 1 saturated heterocycles. The van der Waals surface area contributed by atoms with Crippen molar-refractivity contribution in [2.24, 2.45) is 16.8 Å². The molecule has 1 aliphatic carbocycles. The third-order valence-electron chi connectivity index (χ3n) is 6.50. The lowest BCUT2D eigenvalue weighted by Crippen LogP contribution is -2.33. The number of rotatable bonds is 9. The molecule has 0 bridgehead atoms. The van der Waals surface area contributed by atoms with Crippen LogP contribution in [-0.4, -0.2) is 67.1 Å². The Morgan fingerprint density at radius 1 is 1.21 bits per heavy atom. The highest BCUT2D eigenvalue weighted by Crippen LogP contribution is 2.33. The number of aliphatic imine (C=N–C) groups is 1. The fraction of sp³-hybridized carbons (Fsp3) is 0.783. The zero-order valence-electron chi connectivity index (χ0n) is 18.8. The maximum absolute atomic E-state index is 12.3. The van der Waals surface area contributed by atoms with Gasteiger partial charge in [0.2, 0.25) is 5.91 Å². The summed E-state index contributed by atoms with van der Waals surface area (Å²) in [6.07, 6.45) is 6.15. The van der Waals surface area contributed by atoms with Gasteiger partial charge in [-0.2, -0.15) is 13.2 Å². The van der Waals surface area contributed by atoms with Crippen LogP contribution in [0.3, 0.4) is 0 Å². The van der Waals surface area contributed by atoms with Crippen LogP contribution in [0.15, 0.2) is 4.99 Å². The SMILES string of the molecule is O=C(CCC1CC1)N=CC1CC[C@H](CCN2CCc3nc(OCC(F)(F)F)sc3CC2)OC1. The van der Waals surface area contributed by atoms with E-state index in [0.29, 0.717) is 13.0 Å². The van der Waals surface area contributed by atoms with Crippen LogP contribution in [0.4, 0.5) is 13.2 Å².